The molecule has 0 heterocycles. The largest absolute Gasteiger partial charge is 0.407 e. The molecule has 1 atom stereocenters. The Morgan fingerprint density at radius 3 is 1.89 bits per heavy atom. The van der Waals surface area contributed by atoms with Crippen molar-refractivity contribution in [2.75, 3.05) is 19.8 Å². The molecule has 0 saturated carbocycles. The van der Waals surface area contributed by atoms with Crippen LogP contribution in [-0.4, -0.2) is 28.1 Å². The van der Waals surface area contributed by atoms with Crippen LogP contribution in [0, 0.1) is 5.92 Å². The molecule has 0 aliphatic rings. The number of rotatable bonds is 10. The summed E-state index contributed by atoms with van der Waals surface area (Å²) in [5.41, 5.74) is 0. The lowest BCUT2D eigenvalue weighted by Gasteiger charge is -2.43. The van der Waals surface area contributed by atoms with Crippen LogP contribution in [0.1, 0.15) is 34.1 Å². The lowest BCUT2D eigenvalue weighted by atomic mass is 10.1. The quantitative estimate of drug-likeness (QED) is 0.434. The fraction of sp³-hybridized carbons (Fsp3) is 0.417. The summed E-state index contributed by atoms with van der Waals surface area (Å²) >= 11 is 0. The Morgan fingerprint density at radius 2 is 1.48 bits per heavy atom. The molecule has 0 saturated heterocycles. The second-order valence-corrected chi connectivity index (χ2v) is 12.3. The first-order chi connectivity index (χ1) is 13.0. The second kappa shape index (κ2) is 10.0. The average Bonchev–Trinajstić information content (AvgIpc) is 2.68. The van der Waals surface area contributed by atoms with E-state index in [2.05, 4.69) is 88.0 Å². The van der Waals surface area contributed by atoms with Gasteiger partial charge in [0.15, 0.2) is 0 Å². The summed E-state index contributed by atoms with van der Waals surface area (Å²) in [6, 6.07) is 21.6. The molecule has 0 radical (unpaired) electrons. The van der Waals surface area contributed by atoms with Crippen LogP contribution in [0.5, 0.6) is 0 Å². The molecule has 2 aromatic carbocycles. The van der Waals surface area contributed by atoms with Crippen LogP contribution in [-0.2, 0) is 9.16 Å². The standard InChI is InChI=1S/C24H34O2Si/c1-6-21(20-25-7-2)18-19-26-27(24(3,4)5,22-14-10-8-11-15-22)23-16-12-9-13-17-23/h6,8-17,21H,1,7,18-20H2,2-5H3. The van der Waals surface area contributed by atoms with Crippen molar-refractivity contribution < 1.29 is 9.16 Å². The third-order valence-corrected chi connectivity index (χ3v) is 10.1. The number of hydrogen-bond acceptors (Lipinski definition) is 2. The SMILES string of the molecule is C=CC(CCO[Si](c1ccccc1)(c1ccccc1)C(C)(C)C)COCC. The first-order valence-corrected chi connectivity index (χ1v) is 11.8. The third-order valence-electron chi connectivity index (χ3n) is 5.09. The van der Waals surface area contributed by atoms with Gasteiger partial charge in [-0.05, 0) is 28.8 Å². The van der Waals surface area contributed by atoms with Gasteiger partial charge in [0.25, 0.3) is 8.32 Å². The van der Waals surface area contributed by atoms with E-state index in [0.717, 1.165) is 13.0 Å². The van der Waals surface area contributed by atoms with Gasteiger partial charge in [0, 0.05) is 19.1 Å². The molecular formula is C24H34O2Si. The summed E-state index contributed by atoms with van der Waals surface area (Å²) in [6.45, 7) is 15.1. The Labute approximate surface area is 166 Å². The van der Waals surface area contributed by atoms with Gasteiger partial charge < -0.3 is 9.16 Å². The minimum atomic E-state index is -2.44. The van der Waals surface area contributed by atoms with Crippen LogP contribution in [0.4, 0.5) is 0 Å². The number of ether oxygens (including phenoxy) is 1. The van der Waals surface area contributed by atoms with Crippen molar-refractivity contribution in [2.24, 2.45) is 5.92 Å². The zero-order valence-corrected chi connectivity index (χ0v) is 18.3. The lowest BCUT2D eigenvalue weighted by Crippen LogP contribution is -2.66. The van der Waals surface area contributed by atoms with Crippen LogP contribution in [0.15, 0.2) is 73.3 Å². The Hall–Kier alpha value is -1.68. The summed E-state index contributed by atoms with van der Waals surface area (Å²) in [6.07, 6.45) is 2.92. The third kappa shape index (κ3) is 5.19. The molecule has 0 amide bonds. The van der Waals surface area contributed by atoms with E-state index in [4.69, 9.17) is 9.16 Å². The molecule has 0 N–H and O–H groups in total. The summed E-state index contributed by atoms with van der Waals surface area (Å²) in [7, 11) is -2.44. The van der Waals surface area contributed by atoms with E-state index in [1.165, 1.54) is 10.4 Å². The Kier molecular flexibility index (Phi) is 8.02. The van der Waals surface area contributed by atoms with Crippen LogP contribution < -0.4 is 10.4 Å². The van der Waals surface area contributed by atoms with E-state index in [0.29, 0.717) is 19.1 Å². The molecule has 0 spiro atoms. The predicted molar refractivity (Wildman–Crippen MR) is 118 cm³/mol. The second-order valence-electron chi connectivity index (χ2n) is 7.96. The molecule has 0 aromatic heterocycles. The summed E-state index contributed by atoms with van der Waals surface area (Å²) in [4.78, 5) is 0. The summed E-state index contributed by atoms with van der Waals surface area (Å²) < 4.78 is 12.5. The van der Waals surface area contributed by atoms with Crippen molar-refractivity contribution in [3.8, 4) is 0 Å². The van der Waals surface area contributed by atoms with Gasteiger partial charge in [-0.1, -0.05) is 87.5 Å². The van der Waals surface area contributed by atoms with Crippen molar-refractivity contribution >= 4 is 18.7 Å². The maximum absolute atomic E-state index is 6.91. The van der Waals surface area contributed by atoms with Gasteiger partial charge in [-0.25, -0.2) is 0 Å². The highest BCUT2D eigenvalue weighted by molar-refractivity contribution is 6.99. The van der Waals surface area contributed by atoms with Crippen LogP contribution in [0.25, 0.3) is 0 Å². The molecule has 146 valence electrons. The average molecular weight is 383 g/mol. The Balaban J connectivity index is 2.36. The van der Waals surface area contributed by atoms with E-state index in [1.807, 2.05) is 13.0 Å². The van der Waals surface area contributed by atoms with Gasteiger partial charge in [-0.3, -0.25) is 0 Å². The minimum absolute atomic E-state index is 0.0132. The highest BCUT2D eigenvalue weighted by Gasteiger charge is 2.49. The first-order valence-electron chi connectivity index (χ1n) is 9.91. The number of benzene rings is 2. The van der Waals surface area contributed by atoms with Crippen molar-refractivity contribution in [1.29, 1.82) is 0 Å². The van der Waals surface area contributed by atoms with Crippen molar-refractivity contribution in [3.63, 3.8) is 0 Å². The summed E-state index contributed by atoms with van der Waals surface area (Å²) in [5, 5.41) is 2.66. The van der Waals surface area contributed by atoms with Crippen LogP contribution in [0.2, 0.25) is 5.04 Å². The lowest BCUT2D eigenvalue weighted by molar-refractivity contribution is 0.115. The molecule has 27 heavy (non-hydrogen) atoms. The minimum Gasteiger partial charge on any atom is -0.407 e. The fourth-order valence-corrected chi connectivity index (χ4v) is 8.24. The molecule has 0 bridgehead atoms. The normalized spacial score (nSPS) is 13.3. The Bertz CT molecular complexity index is 637. The maximum Gasteiger partial charge on any atom is 0.261 e. The molecule has 0 aliphatic carbocycles. The van der Waals surface area contributed by atoms with Gasteiger partial charge >= 0.3 is 0 Å². The molecule has 0 fully saturated rings. The molecule has 0 aliphatic heterocycles. The van der Waals surface area contributed by atoms with Gasteiger partial charge in [-0.2, -0.15) is 0 Å². The van der Waals surface area contributed by atoms with Crippen molar-refractivity contribution in [3.05, 3.63) is 73.3 Å². The molecule has 2 nitrogen and oxygen atoms in total. The highest BCUT2D eigenvalue weighted by atomic mass is 28.4. The van der Waals surface area contributed by atoms with E-state index in [9.17, 15) is 0 Å². The monoisotopic (exact) mass is 382 g/mol. The van der Waals surface area contributed by atoms with Crippen LogP contribution >= 0.6 is 0 Å². The summed E-state index contributed by atoms with van der Waals surface area (Å²) in [5.74, 6) is 0.322. The zero-order valence-electron chi connectivity index (χ0n) is 17.3. The maximum atomic E-state index is 6.91. The molecule has 3 heteroatoms. The van der Waals surface area contributed by atoms with Crippen molar-refractivity contribution in [1.82, 2.24) is 0 Å². The molecule has 1 unspecified atom stereocenters. The predicted octanol–water partition coefficient (Wildman–Crippen LogP) is 4.79. The Morgan fingerprint density at radius 1 is 0.963 bits per heavy atom. The van der Waals surface area contributed by atoms with Gasteiger partial charge in [0.05, 0.1) is 6.61 Å². The zero-order chi connectivity index (χ0) is 19.8. The molecular weight excluding hydrogens is 348 g/mol. The van der Waals surface area contributed by atoms with Gasteiger partial charge in [0.2, 0.25) is 0 Å². The van der Waals surface area contributed by atoms with E-state index in [1.54, 1.807) is 0 Å². The van der Waals surface area contributed by atoms with E-state index in [-0.39, 0.29) is 5.04 Å². The molecule has 2 rings (SSSR count). The fourth-order valence-electron chi connectivity index (χ4n) is 3.66. The smallest absolute Gasteiger partial charge is 0.261 e. The van der Waals surface area contributed by atoms with Gasteiger partial charge in [-0.15, -0.1) is 6.58 Å². The topological polar surface area (TPSA) is 18.5 Å². The van der Waals surface area contributed by atoms with Gasteiger partial charge in [0.1, 0.15) is 0 Å². The van der Waals surface area contributed by atoms with E-state index < -0.39 is 8.32 Å². The van der Waals surface area contributed by atoms with Crippen molar-refractivity contribution in [2.45, 2.75) is 39.2 Å². The highest BCUT2D eigenvalue weighted by Crippen LogP contribution is 2.36. The van der Waals surface area contributed by atoms with E-state index >= 15 is 0 Å². The first kappa shape index (κ1) is 21.6. The van der Waals surface area contributed by atoms with Crippen LogP contribution in [0.3, 0.4) is 0 Å². The molecule has 2 aromatic rings. The number of hydrogen-bond donors (Lipinski definition) is 0.